The van der Waals surface area contributed by atoms with E-state index >= 15 is 0 Å². The van der Waals surface area contributed by atoms with Gasteiger partial charge in [-0.15, -0.1) is 0 Å². The van der Waals surface area contributed by atoms with Crippen molar-refractivity contribution in [1.29, 1.82) is 5.26 Å². The molecule has 0 saturated heterocycles. The molecule has 1 heterocycles. The molecule has 2 aromatic rings. The number of halogens is 2. The van der Waals surface area contributed by atoms with Crippen LogP contribution >= 0.6 is 0 Å². The summed E-state index contributed by atoms with van der Waals surface area (Å²) >= 11 is 0. The second-order valence-corrected chi connectivity index (χ2v) is 8.26. The minimum atomic E-state index is -3.12. The highest BCUT2D eigenvalue weighted by Gasteiger charge is 2.29. The number of nitriles is 1. The molecule has 9 heteroatoms. The van der Waals surface area contributed by atoms with Crippen molar-refractivity contribution in [2.45, 2.75) is 52.7 Å². The first-order valence-corrected chi connectivity index (χ1v) is 11.0. The Bertz CT molecular complexity index is 1150. The SMILES string of the molecule is C/C=C\C(=C/c1ncc(-c2cc(OC)c(C(=O)NC3CC3)c(OC(F)F)c2)[nH]1)C(C)(C#N)CC. The lowest BCUT2D eigenvalue weighted by Crippen LogP contribution is -2.26. The molecule has 1 saturated carbocycles. The number of rotatable bonds is 10. The van der Waals surface area contributed by atoms with Gasteiger partial charge in [0, 0.05) is 11.6 Å². The van der Waals surface area contributed by atoms with Crippen LogP contribution in [0.15, 0.2) is 36.1 Å². The lowest BCUT2D eigenvalue weighted by Gasteiger charge is -2.20. The third kappa shape index (κ3) is 5.63. The Morgan fingerprint density at radius 2 is 2.12 bits per heavy atom. The molecule has 0 spiro atoms. The van der Waals surface area contributed by atoms with E-state index in [1.54, 1.807) is 18.3 Å². The molecule has 0 radical (unpaired) electrons. The number of amides is 1. The highest BCUT2D eigenvalue weighted by molar-refractivity contribution is 6.01. The number of ether oxygens (including phenoxy) is 2. The molecule has 34 heavy (non-hydrogen) atoms. The van der Waals surface area contributed by atoms with Crippen molar-refractivity contribution in [3.63, 3.8) is 0 Å². The third-order valence-electron chi connectivity index (χ3n) is 5.78. The number of aromatic nitrogens is 2. The number of nitrogens with one attached hydrogen (secondary N) is 2. The molecule has 7 nitrogen and oxygen atoms in total. The molecule has 3 rings (SSSR count). The normalized spacial score (nSPS) is 15.8. The van der Waals surface area contributed by atoms with Gasteiger partial charge in [-0.05, 0) is 56.9 Å². The maximum absolute atomic E-state index is 13.2. The largest absolute Gasteiger partial charge is 0.496 e. The molecule has 2 N–H and O–H groups in total. The quantitative estimate of drug-likeness (QED) is 0.448. The van der Waals surface area contributed by atoms with Crippen molar-refractivity contribution < 1.29 is 23.0 Å². The van der Waals surface area contributed by atoms with E-state index in [2.05, 4.69) is 26.1 Å². The van der Waals surface area contributed by atoms with Crippen LogP contribution in [0.25, 0.3) is 17.3 Å². The van der Waals surface area contributed by atoms with E-state index in [1.807, 2.05) is 32.9 Å². The Labute approximate surface area is 197 Å². The number of nitrogens with zero attached hydrogens (tertiary/aromatic N) is 2. The molecule has 1 aliphatic rings. The zero-order chi connectivity index (χ0) is 24.9. The topological polar surface area (TPSA) is 100 Å². The lowest BCUT2D eigenvalue weighted by atomic mass is 9.80. The second kappa shape index (κ2) is 10.5. The summed E-state index contributed by atoms with van der Waals surface area (Å²) in [5.41, 5.74) is 0.965. The van der Waals surface area contributed by atoms with Crippen molar-refractivity contribution in [1.82, 2.24) is 15.3 Å². The van der Waals surface area contributed by atoms with E-state index in [9.17, 15) is 18.8 Å². The Kier molecular flexibility index (Phi) is 7.72. The van der Waals surface area contributed by atoms with Gasteiger partial charge < -0.3 is 19.8 Å². The third-order valence-corrected chi connectivity index (χ3v) is 5.78. The number of imidazole rings is 1. The molecular formula is C25H28F2N4O3. The van der Waals surface area contributed by atoms with Crippen LogP contribution in [0.1, 0.15) is 56.2 Å². The summed E-state index contributed by atoms with van der Waals surface area (Å²) in [7, 11) is 1.36. The minimum Gasteiger partial charge on any atom is -0.496 e. The number of carbonyl (C=O) groups excluding carboxylic acids is 1. The standard InChI is InChI=1S/C25H28F2N4O3/c1-5-7-16(25(3,6-2)14-28)12-21-29-13-18(31-21)15-10-19(33-4)22(20(11-15)34-24(26)27)23(32)30-17-8-9-17/h5,7,10-13,17,24H,6,8-9H2,1-4H3,(H,29,31)(H,30,32)/b7-5-,16-12+. The predicted octanol–water partition coefficient (Wildman–Crippen LogP) is 5.48. The van der Waals surface area contributed by atoms with E-state index in [0.29, 0.717) is 23.5 Å². The minimum absolute atomic E-state index is 0.0341. The fraction of sp³-hybridized carbons (Fsp3) is 0.400. The van der Waals surface area contributed by atoms with Crippen LogP contribution < -0.4 is 14.8 Å². The number of hydrogen-bond donors (Lipinski definition) is 2. The van der Waals surface area contributed by atoms with Gasteiger partial charge in [-0.25, -0.2) is 4.98 Å². The maximum Gasteiger partial charge on any atom is 0.387 e. The van der Waals surface area contributed by atoms with E-state index < -0.39 is 17.9 Å². The van der Waals surface area contributed by atoms with Crippen molar-refractivity contribution in [2.24, 2.45) is 5.41 Å². The summed E-state index contributed by atoms with van der Waals surface area (Å²) in [4.78, 5) is 20.2. The fourth-order valence-electron chi connectivity index (χ4n) is 3.43. The van der Waals surface area contributed by atoms with Gasteiger partial charge in [0.25, 0.3) is 5.91 Å². The number of methoxy groups -OCH3 is 1. The average Bonchev–Trinajstić information content (AvgIpc) is 3.50. The number of aromatic amines is 1. The van der Waals surface area contributed by atoms with Gasteiger partial charge in [-0.3, -0.25) is 4.79 Å². The number of hydrogen-bond acceptors (Lipinski definition) is 5. The molecule has 1 amide bonds. The smallest absolute Gasteiger partial charge is 0.387 e. The highest BCUT2D eigenvalue weighted by Crippen LogP contribution is 2.37. The summed E-state index contributed by atoms with van der Waals surface area (Å²) in [6, 6.07) is 5.30. The second-order valence-electron chi connectivity index (χ2n) is 8.26. The average molecular weight is 471 g/mol. The van der Waals surface area contributed by atoms with Crippen LogP contribution in [0.2, 0.25) is 0 Å². The molecule has 1 fully saturated rings. The van der Waals surface area contributed by atoms with Gasteiger partial charge in [-0.2, -0.15) is 14.0 Å². The first kappa shape index (κ1) is 25.0. The fourth-order valence-corrected chi connectivity index (χ4v) is 3.43. The van der Waals surface area contributed by atoms with Crippen LogP contribution in [-0.4, -0.2) is 35.6 Å². The molecule has 1 aromatic carbocycles. The number of allylic oxidation sites excluding steroid dienone is 3. The molecule has 1 aromatic heterocycles. The monoisotopic (exact) mass is 470 g/mol. The first-order chi connectivity index (χ1) is 16.2. The Morgan fingerprint density at radius 1 is 1.41 bits per heavy atom. The van der Waals surface area contributed by atoms with Gasteiger partial charge >= 0.3 is 6.61 Å². The molecular weight excluding hydrogens is 442 g/mol. The first-order valence-electron chi connectivity index (χ1n) is 11.0. The van der Waals surface area contributed by atoms with Gasteiger partial charge in [0.15, 0.2) is 0 Å². The van der Waals surface area contributed by atoms with E-state index in [-0.39, 0.29) is 23.1 Å². The molecule has 1 aliphatic carbocycles. The Morgan fingerprint density at radius 3 is 2.68 bits per heavy atom. The van der Waals surface area contributed by atoms with Crippen LogP contribution in [0, 0.1) is 16.7 Å². The summed E-state index contributed by atoms with van der Waals surface area (Å²) in [5.74, 6) is -0.215. The van der Waals surface area contributed by atoms with Crippen LogP contribution in [0.3, 0.4) is 0 Å². The van der Waals surface area contributed by atoms with Gasteiger partial charge in [0.05, 0.1) is 30.5 Å². The molecule has 180 valence electrons. The summed E-state index contributed by atoms with van der Waals surface area (Å²) in [6.07, 6.45) is 9.34. The van der Waals surface area contributed by atoms with Crippen LogP contribution in [-0.2, 0) is 0 Å². The van der Waals surface area contributed by atoms with Crippen molar-refractivity contribution >= 4 is 12.0 Å². The highest BCUT2D eigenvalue weighted by atomic mass is 19.3. The maximum atomic E-state index is 13.2. The molecule has 1 atom stereocenters. The van der Waals surface area contributed by atoms with E-state index in [0.717, 1.165) is 18.4 Å². The van der Waals surface area contributed by atoms with E-state index in [4.69, 9.17) is 4.74 Å². The van der Waals surface area contributed by atoms with Crippen LogP contribution in [0.5, 0.6) is 11.5 Å². The summed E-state index contributed by atoms with van der Waals surface area (Å²) in [6.45, 7) is 2.54. The van der Waals surface area contributed by atoms with Gasteiger partial charge in [0.2, 0.25) is 0 Å². The van der Waals surface area contributed by atoms with Crippen molar-refractivity contribution in [3.8, 4) is 28.8 Å². The number of H-pyrrole nitrogens is 1. The van der Waals surface area contributed by atoms with Crippen molar-refractivity contribution in [2.75, 3.05) is 7.11 Å². The van der Waals surface area contributed by atoms with Crippen LogP contribution in [0.4, 0.5) is 8.78 Å². The Balaban J connectivity index is 2.03. The van der Waals surface area contributed by atoms with E-state index in [1.165, 1.54) is 13.2 Å². The Hall–Kier alpha value is -3.67. The number of alkyl halides is 2. The summed E-state index contributed by atoms with van der Waals surface area (Å²) in [5, 5.41) is 12.4. The molecule has 0 aliphatic heterocycles. The zero-order valence-electron chi connectivity index (χ0n) is 19.6. The number of benzene rings is 1. The van der Waals surface area contributed by atoms with Crippen molar-refractivity contribution in [3.05, 3.63) is 47.4 Å². The molecule has 1 unspecified atom stereocenters. The van der Waals surface area contributed by atoms with Gasteiger partial charge in [0.1, 0.15) is 22.9 Å². The number of carbonyl (C=O) groups is 1. The predicted molar refractivity (Wildman–Crippen MR) is 124 cm³/mol. The lowest BCUT2D eigenvalue weighted by molar-refractivity contribution is -0.0502. The molecule has 0 bridgehead atoms. The zero-order valence-corrected chi connectivity index (χ0v) is 19.6. The van der Waals surface area contributed by atoms with Gasteiger partial charge in [-0.1, -0.05) is 19.1 Å². The summed E-state index contributed by atoms with van der Waals surface area (Å²) < 4.78 is 36.3.